The highest BCUT2D eigenvalue weighted by atomic mass is 32.2. The fourth-order valence-electron chi connectivity index (χ4n) is 6.02. The zero-order chi connectivity index (χ0) is 32.0. The fraction of sp³-hybridized carbons (Fsp3) is 0.286. The summed E-state index contributed by atoms with van der Waals surface area (Å²) in [5.74, 6) is -0.220. The van der Waals surface area contributed by atoms with Gasteiger partial charge in [-0.1, -0.05) is 29.8 Å². The molecule has 0 saturated carbocycles. The van der Waals surface area contributed by atoms with E-state index in [9.17, 15) is 18.3 Å². The topological polar surface area (TPSA) is 109 Å². The molecule has 1 aliphatic heterocycles. The van der Waals surface area contributed by atoms with Gasteiger partial charge in [0.1, 0.15) is 5.52 Å². The molecule has 1 atom stereocenters. The number of aliphatic hydroxyl groups is 1. The molecule has 232 valence electrons. The average Bonchev–Trinajstić information content (AvgIpc) is 3.40. The molecule has 0 saturated heterocycles. The van der Waals surface area contributed by atoms with Crippen molar-refractivity contribution < 1.29 is 18.3 Å². The summed E-state index contributed by atoms with van der Waals surface area (Å²) in [6.07, 6.45) is 3.56. The van der Waals surface area contributed by atoms with Crippen LogP contribution in [0.5, 0.6) is 0 Å². The smallest absolute Gasteiger partial charge is 0.269 e. The molecule has 0 aliphatic carbocycles. The lowest BCUT2D eigenvalue weighted by atomic mass is 9.92. The number of hydrogen-bond donors (Lipinski definition) is 1. The van der Waals surface area contributed by atoms with Crippen LogP contribution in [0.2, 0.25) is 0 Å². The summed E-state index contributed by atoms with van der Waals surface area (Å²) < 4.78 is 29.0. The molecule has 1 aliphatic rings. The number of rotatable bonds is 7. The van der Waals surface area contributed by atoms with Gasteiger partial charge in [-0.25, -0.2) is 22.4 Å². The molecule has 10 heteroatoms. The predicted octanol–water partition coefficient (Wildman–Crippen LogP) is 5.06. The molecule has 0 bridgehead atoms. The van der Waals surface area contributed by atoms with Crippen LogP contribution < -0.4 is 0 Å². The Morgan fingerprint density at radius 2 is 1.76 bits per heavy atom. The van der Waals surface area contributed by atoms with Gasteiger partial charge < -0.3 is 14.9 Å². The van der Waals surface area contributed by atoms with Gasteiger partial charge in [-0.3, -0.25) is 4.79 Å². The zero-order valence-electron chi connectivity index (χ0n) is 26.2. The summed E-state index contributed by atoms with van der Waals surface area (Å²) in [4.78, 5) is 26.6. The molecule has 45 heavy (non-hydrogen) atoms. The third-order valence-corrected chi connectivity index (χ3v) is 10.1. The van der Waals surface area contributed by atoms with E-state index in [1.807, 2.05) is 6.92 Å². The number of carbonyl (C=O) groups excluding carboxylic acids is 1. The molecular formula is C35H37N5O4S. The number of aromatic nitrogens is 3. The highest BCUT2D eigenvalue weighted by Gasteiger charge is 2.25. The van der Waals surface area contributed by atoms with Crippen LogP contribution in [0.3, 0.4) is 0 Å². The third-order valence-electron chi connectivity index (χ3n) is 8.41. The van der Waals surface area contributed by atoms with Crippen molar-refractivity contribution in [3.63, 3.8) is 0 Å². The second kappa shape index (κ2) is 11.8. The largest absolute Gasteiger partial charge is 0.392 e. The van der Waals surface area contributed by atoms with E-state index in [0.717, 1.165) is 30.6 Å². The van der Waals surface area contributed by atoms with Crippen LogP contribution in [0, 0.1) is 13.8 Å². The predicted molar refractivity (Wildman–Crippen MR) is 176 cm³/mol. The highest BCUT2D eigenvalue weighted by Crippen LogP contribution is 2.34. The van der Waals surface area contributed by atoms with Crippen molar-refractivity contribution in [1.29, 1.82) is 0 Å². The van der Waals surface area contributed by atoms with Crippen molar-refractivity contribution >= 4 is 27.1 Å². The maximum atomic E-state index is 13.9. The SMILES string of the molecule is Cc1ccc(S(=O)(=O)n2cc(-c3ccc(C(=O)N(C)C[C@H](C)O)cc3)c3nc(-c4cc(C)c5c(c4)CN(C)CC5)cnc32)cc1. The molecule has 1 N–H and O–H groups in total. The van der Waals surface area contributed by atoms with Crippen molar-refractivity contribution in [1.82, 2.24) is 23.7 Å². The number of fused-ring (bicyclic) bond motifs is 2. The molecular weight excluding hydrogens is 586 g/mol. The summed E-state index contributed by atoms with van der Waals surface area (Å²) >= 11 is 0. The van der Waals surface area contributed by atoms with E-state index in [1.165, 1.54) is 25.6 Å². The summed E-state index contributed by atoms with van der Waals surface area (Å²) in [6.45, 7) is 7.75. The maximum Gasteiger partial charge on any atom is 0.269 e. The van der Waals surface area contributed by atoms with Gasteiger partial charge in [0.15, 0.2) is 5.65 Å². The van der Waals surface area contributed by atoms with Crippen LogP contribution in [0.4, 0.5) is 0 Å². The number of hydrogen-bond acceptors (Lipinski definition) is 7. The van der Waals surface area contributed by atoms with Gasteiger partial charge in [-0.05, 0) is 92.9 Å². The van der Waals surface area contributed by atoms with Crippen LogP contribution in [0.1, 0.15) is 39.5 Å². The van der Waals surface area contributed by atoms with Crippen molar-refractivity contribution in [2.45, 2.75) is 44.7 Å². The summed E-state index contributed by atoms with van der Waals surface area (Å²) in [5, 5.41) is 9.71. The monoisotopic (exact) mass is 623 g/mol. The van der Waals surface area contributed by atoms with Crippen molar-refractivity contribution in [3.8, 4) is 22.4 Å². The normalized spacial score (nSPS) is 14.4. The molecule has 0 unspecified atom stereocenters. The Morgan fingerprint density at radius 3 is 2.44 bits per heavy atom. The molecule has 3 aromatic carbocycles. The number of aryl methyl sites for hydroxylation is 2. The van der Waals surface area contributed by atoms with Gasteiger partial charge in [0.25, 0.3) is 15.9 Å². The maximum absolute atomic E-state index is 13.9. The Balaban J connectivity index is 1.49. The average molecular weight is 624 g/mol. The lowest BCUT2D eigenvalue weighted by molar-refractivity contribution is 0.0703. The van der Waals surface area contributed by atoms with Crippen LogP contribution in [-0.2, 0) is 23.0 Å². The van der Waals surface area contributed by atoms with Crippen LogP contribution in [0.25, 0.3) is 33.5 Å². The van der Waals surface area contributed by atoms with E-state index < -0.39 is 16.1 Å². The first-order chi connectivity index (χ1) is 21.4. The number of likely N-dealkylation sites (N-methyl/N-ethyl adjacent to an activating group) is 2. The molecule has 1 amide bonds. The lowest BCUT2D eigenvalue weighted by Gasteiger charge is -2.27. The Bertz CT molecular complexity index is 2020. The van der Waals surface area contributed by atoms with E-state index in [2.05, 4.69) is 31.0 Å². The first-order valence-corrected chi connectivity index (χ1v) is 16.4. The quantitative estimate of drug-likeness (QED) is 0.270. The van der Waals surface area contributed by atoms with Gasteiger partial charge in [0.2, 0.25) is 0 Å². The number of nitrogens with zero attached hydrogens (tertiary/aromatic N) is 5. The van der Waals surface area contributed by atoms with Crippen molar-refractivity contribution in [2.24, 2.45) is 0 Å². The standard InChI is InChI=1S/C35H37N5O4S/c1-22-6-12-29(13-7-22)45(43,44)40-21-31(25-8-10-26(11-9-25)35(42)39(5)19-24(3)41)33-34(40)36-18-32(37-33)27-16-23(2)30-14-15-38(4)20-28(30)17-27/h6-13,16-18,21,24,41H,14-15,19-20H2,1-5H3/t24-/m0/s1. The van der Waals surface area contributed by atoms with Gasteiger partial charge in [0, 0.05) is 49.6 Å². The number of aliphatic hydroxyl groups excluding tert-OH is 1. The fourth-order valence-corrected chi connectivity index (χ4v) is 7.34. The Morgan fingerprint density at radius 1 is 1.04 bits per heavy atom. The number of carbonyl (C=O) groups is 1. The van der Waals surface area contributed by atoms with E-state index in [-0.39, 0.29) is 23.0 Å². The van der Waals surface area contributed by atoms with Gasteiger partial charge in [-0.2, -0.15) is 0 Å². The molecule has 0 spiro atoms. The molecule has 6 rings (SSSR count). The van der Waals surface area contributed by atoms with E-state index in [0.29, 0.717) is 27.9 Å². The van der Waals surface area contributed by atoms with Crippen LogP contribution in [-0.4, -0.2) is 76.5 Å². The second-order valence-corrected chi connectivity index (χ2v) is 13.9. The Kier molecular flexibility index (Phi) is 8.07. The summed E-state index contributed by atoms with van der Waals surface area (Å²) in [7, 11) is -0.234. The minimum Gasteiger partial charge on any atom is -0.392 e. The summed E-state index contributed by atoms with van der Waals surface area (Å²) in [6, 6.07) is 18.0. The second-order valence-electron chi connectivity index (χ2n) is 12.1. The van der Waals surface area contributed by atoms with E-state index >= 15 is 0 Å². The van der Waals surface area contributed by atoms with E-state index in [1.54, 1.807) is 74.9 Å². The zero-order valence-corrected chi connectivity index (χ0v) is 27.0. The first-order valence-electron chi connectivity index (χ1n) is 15.0. The number of benzene rings is 3. The van der Waals surface area contributed by atoms with Gasteiger partial charge in [0.05, 0.1) is 22.9 Å². The van der Waals surface area contributed by atoms with Gasteiger partial charge >= 0.3 is 0 Å². The first kappa shape index (κ1) is 30.6. The molecule has 9 nitrogen and oxygen atoms in total. The number of amides is 1. The highest BCUT2D eigenvalue weighted by molar-refractivity contribution is 7.90. The van der Waals surface area contributed by atoms with Crippen LogP contribution in [0.15, 0.2) is 78.0 Å². The molecule has 2 aromatic heterocycles. The third kappa shape index (κ3) is 5.88. The molecule has 0 radical (unpaired) electrons. The molecule has 3 heterocycles. The van der Waals surface area contributed by atoms with Gasteiger partial charge in [-0.15, -0.1) is 0 Å². The minimum absolute atomic E-state index is 0.152. The molecule has 5 aromatic rings. The Labute approximate surface area is 263 Å². The molecule has 0 fully saturated rings. The summed E-state index contributed by atoms with van der Waals surface area (Å²) in [5.41, 5.74) is 8.79. The van der Waals surface area contributed by atoms with E-state index in [4.69, 9.17) is 9.97 Å². The minimum atomic E-state index is -3.99. The van der Waals surface area contributed by atoms with Crippen molar-refractivity contribution in [2.75, 3.05) is 27.2 Å². The van der Waals surface area contributed by atoms with Crippen molar-refractivity contribution in [3.05, 3.63) is 101 Å². The Hall–Kier alpha value is -4.38. The van der Waals surface area contributed by atoms with Crippen LogP contribution >= 0.6 is 0 Å². The lowest BCUT2D eigenvalue weighted by Crippen LogP contribution is -2.32.